The van der Waals surface area contributed by atoms with Crippen molar-refractivity contribution in [2.45, 2.75) is 5.82 Å². The number of ether oxygens (including phenoxy) is 2. The molecule has 0 fully saturated rings. The maximum absolute atomic E-state index is 11.1. The molecule has 0 aliphatic carbocycles. The zero-order valence-corrected chi connectivity index (χ0v) is 8.06. The van der Waals surface area contributed by atoms with E-state index in [4.69, 9.17) is 10.1 Å². The van der Waals surface area contributed by atoms with Gasteiger partial charge in [-0.1, -0.05) is 6.08 Å². The van der Waals surface area contributed by atoms with E-state index in [1.165, 1.54) is 14.6 Å². The third kappa shape index (κ3) is 5.37. The summed E-state index contributed by atoms with van der Waals surface area (Å²) in [6, 6.07) is 0. The zero-order chi connectivity index (χ0) is 10.8. The Kier molecular flexibility index (Phi) is 7.54. The largest absolute Gasteiger partial charge is 0.555 e. The first-order chi connectivity index (χ1) is 6.76. The standard InChI is InChI=1S/C8H13BNO4/c1-3-4-13-5-7(8(11)12-2)9-14-6-10/h3,6-7,10H,1,4-5H2,2H3/t7-/m0/s1. The van der Waals surface area contributed by atoms with Crippen LogP contribution in [0.3, 0.4) is 0 Å². The second-order valence-electron chi connectivity index (χ2n) is 2.35. The van der Waals surface area contributed by atoms with E-state index in [-0.39, 0.29) is 6.61 Å². The van der Waals surface area contributed by atoms with Crippen LogP contribution in [0, 0.1) is 5.41 Å². The van der Waals surface area contributed by atoms with Gasteiger partial charge in [0, 0.05) is 0 Å². The summed E-state index contributed by atoms with van der Waals surface area (Å²) < 4.78 is 14.1. The number of hydrogen-bond acceptors (Lipinski definition) is 5. The van der Waals surface area contributed by atoms with Crippen LogP contribution in [0.5, 0.6) is 0 Å². The van der Waals surface area contributed by atoms with Crippen LogP contribution in [-0.4, -0.2) is 40.2 Å². The minimum Gasteiger partial charge on any atom is -0.555 e. The first-order valence-corrected chi connectivity index (χ1v) is 4.00. The first kappa shape index (κ1) is 12.7. The molecule has 0 saturated heterocycles. The van der Waals surface area contributed by atoms with E-state index in [1.54, 1.807) is 6.08 Å². The van der Waals surface area contributed by atoms with Crippen molar-refractivity contribution in [3.63, 3.8) is 0 Å². The molecule has 14 heavy (non-hydrogen) atoms. The Bertz CT molecular complexity index is 198. The fourth-order valence-corrected chi connectivity index (χ4v) is 0.727. The van der Waals surface area contributed by atoms with Crippen LogP contribution < -0.4 is 0 Å². The Labute approximate surface area is 83.8 Å². The van der Waals surface area contributed by atoms with E-state index >= 15 is 0 Å². The molecule has 0 aromatic rings. The van der Waals surface area contributed by atoms with Crippen LogP contribution in [0.15, 0.2) is 12.7 Å². The van der Waals surface area contributed by atoms with Gasteiger partial charge >= 0.3 is 13.5 Å². The van der Waals surface area contributed by atoms with Crippen LogP contribution in [0.25, 0.3) is 0 Å². The third-order valence-electron chi connectivity index (χ3n) is 1.35. The highest BCUT2D eigenvalue weighted by Crippen LogP contribution is 2.06. The van der Waals surface area contributed by atoms with E-state index in [0.717, 1.165) is 6.40 Å². The van der Waals surface area contributed by atoms with E-state index in [2.05, 4.69) is 16.0 Å². The van der Waals surface area contributed by atoms with Crippen molar-refractivity contribution in [2.24, 2.45) is 0 Å². The summed E-state index contributed by atoms with van der Waals surface area (Å²) in [5.41, 5.74) is 0. The molecule has 0 aliphatic heterocycles. The molecule has 1 N–H and O–H groups in total. The van der Waals surface area contributed by atoms with Gasteiger partial charge in [-0.05, 0) is 0 Å². The molecule has 0 amide bonds. The van der Waals surface area contributed by atoms with Crippen LogP contribution in [0.2, 0.25) is 5.82 Å². The molecule has 1 radical (unpaired) electrons. The number of esters is 1. The second-order valence-corrected chi connectivity index (χ2v) is 2.35. The van der Waals surface area contributed by atoms with Gasteiger partial charge in [-0.3, -0.25) is 10.2 Å². The Morgan fingerprint density at radius 3 is 2.93 bits per heavy atom. The van der Waals surface area contributed by atoms with Gasteiger partial charge in [-0.25, -0.2) is 0 Å². The fraction of sp³-hybridized carbons (Fsp3) is 0.500. The van der Waals surface area contributed by atoms with Crippen LogP contribution in [0.1, 0.15) is 0 Å². The Hall–Kier alpha value is -1.30. The van der Waals surface area contributed by atoms with Crippen LogP contribution in [-0.2, 0) is 18.9 Å². The number of carbonyl (C=O) groups excluding carboxylic acids is 1. The lowest BCUT2D eigenvalue weighted by Crippen LogP contribution is -2.23. The van der Waals surface area contributed by atoms with Crippen molar-refractivity contribution in [3.05, 3.63) is 12.7 Å². The predicted octanol–water partition coefficient (Wildman–Crippen LogP) is 0.393. The molecule has 0 spiro atoms. The highest BCUT2D eigenvalue weighted by molar-refractivity contribution is 6.38. The molecule has 0 unspecified atom stereocenters. The van der Waals surface area contributed by atoms with Crippen molar-refractivity contribution in [1.29, 1.82) is 5.41 Å². The molecule has 0 bridgehead atoms. The molecule has 0 aromatic carbocycles. The Morgan fingerprint density at radius 2 is 2.43 bits per heavy atom. The summed E-state index contributed by atoms with van der Waals surface area (Å²) in [6.45, 7) is 3.96. The highest BCUT2D eigenvalue weighted by Gasteiger charge is 2.22. The van der Waals surface area contributed by atoms with E-state index < -0.39 is 11.8 Å². The van der Waals surface area contributed by atoms with Crippen molar-refractivity contribution in [1.82, 2.24) is 0 Å². The number of nitrogens with one attached hydrogen (secondary N) is 1. The molecule has 5 nitrogen and oxygen atoms in total. The van der Waals surface area contributed by atoms with Gasteiger partial charge in [0.05, 0.1) is 26.1 Å². The summed E-state index contributed by atoms with van der Waals surface area (Å²) in [5, 5.41) is 6.62. The van der Waals surface area contributed by atoms with Gasteiger partial charge in [-0.15, -0.1) is 6.58 Å². The summed E-state index contributed by atoms with van der Waals surface area (Å²) in [5.74, 6) is -1.09. The Morgan fingerprint density at radius 1 is 1.71 bits per heavy atom. The summed E-state index contributed by atoms with van der Waals surface area (Å²) in [4.78, 5) is 11.1. The van der Waals surface area contributed by atoms with E-state index in [1.807, 2.05) is 0 Å². The number of methoxy groups -OCH3 is 1. The second kappa shape index (κ2) is 8.31. The van der Waals surface area contributed by atoms with Crippen molar-refractivity contribution >= 4 is 19.9 Å². The summed E-state index contributed by atoms with van der Waals surface area (Å²) >= 11 is 0. The van der Waals surface area contributed by atoms with Gasteiger partial charge < -0.3 is 14.1 Å². The molecule has 6 heteroatoms. The van der Waals surface area contributed by atoms with E-state index in [0.29, 0.717) is 6.61 Å². The van der Waals surface area contributed by atoms with Crippen LogP contribution in [0.4, 0.5) is 0 Å². The minimum absolute atomic E-state index is 0.145. The molecule has 0 aromatic heterocycles. The minimum atomic E-state index is -0.624. The molecule has 77 valence electrons. The fourth-order valence-electron chi connectivity index (χ4n) is 0.727. The van der Waals surface area contributed by atoms with Gasteiger partial charge in [-0.2, -0.15) is 0 Å². The molecule has 0 saturated carbocycles. The number of rotatable bonds is 8. The van der Waals surface area contributed by atoms with Crippen molar-refractivity contribution in [2.75, 3.05) is 20.3 Å². The van der Waals surface area contributed by atoms with Crippen molar-refractivity contribution in [3.8, 4) is 0 Å². The monoisotopic (exact) mass is 198 g/mol. The SMILES string of the molecule is C=CCOC[C@H]([B]OC=N)C(=O)OC. The molecule has 0 rings (SSSR count). The number of carbonyl (C=O) groups is 1. The lowest BCUT2D eigenvalue weighted by Gasteiger charge is -2.11. The summed E-state index contributed by atoms with van der Waals surface area (Å²) in [6.07, 6.45) is 2.30. The summed E-state index contributed by atoms with van der Waals surface area (Å²) in [7, 11) is 2.48. The molecule has 0 heterocycles. The quantitative estimate of drug-likeness (QED) is 0.153. The highest BCUT2D eigenvalue weighted by atomic mass is 16.5. The topological polar surface area (TPSA) is 68.6 Å². The third-order valence-corrected chi connectivity index (χ3v) is 1.35. The maximum Gasteiger partial charge on any atom is 0.388 e. The molecular formula is C8H13BNO4. The average molecular weight is 198 g/mol. The van der Waals surface area contributed by atoms with E-state index in [9.17, 15) is 4.79 Å². The predicted molar refractivity (Wildman–Crippen MR) is 52.4 cm³/mol. The van der Waals surface area contributed by atoms with Crippen LogP contribution >= 0.6 is 0 Å². The van der Waals surface area contributed by atoms with Gasteiger partial charge in [0.2, 0.25) is 0 Å². The smallest absolute Gasteiger partial charge is 0.388 e. The van der Waals surface area contributed by atoms with Gasteiger partial charge in [0.1, 0.15) is 6.40 Å². The van der Waals surface area contributed by atoms with Crippen molar-refractivity contribution < 1.29 is 18.9 Å². The van der Waals surface area contributed by atoms with Gasteiger partial charge in [0.15, 0.2) is 0 Å². The lowest BCUT2D eigenvalue weighted by atomic mass is 9.81. The normalized spacial score (nSPS) is 11.2. The number of hydrogen-bond donors (Lipinski definition) is 1. The first-order valence-electron chi connectivity index (χ1n) is 4.00. The lowest BCUT2D eigenvalue weighted by molar-refractivity contribution is -0.141. The molecule has 1 atom stereocenters. The average Bonchev–Trinajstić information content (AvgIpc) is 2.22. The zero-order valence-electron chi connectivity index (χ0n) is 8.06. The molecule has 0 aliphatic rings. The molecular weight excluding hydrogens is 185 g/mol. The van der Waals surface area contributed by atoms with Gasteiger partial charge in [0.25, 0.3) is 0 Å². The Balaban J connectivity index is 3.89. The maximum atomic E-state index is 11.1.